The van der Waals surface area contributed by atoms with Crippen molar-refractivity contribution in [2.75, 3.05) is 20.1 Å². The molecule has 0 saturated heterocycles. The van der Waals surface area contributed by atoms with E-state index >= 15 is 0 Å². The maximum Gasteiger partial charge on any atom is 0.0217 e. The van der Waals surface area contributed by atoms with E-state index in [4.69, 9.17) is 0 Å². The normalized spacial score (nSPS) is 15.1. The van der Waals surface area contributed by atoms with Crippen LogP contribution in [-0.2, 0) is 6.42 Å². The van der Waals surface area contributed by atoms with Crippen molar-refractivity contribution in [2.24, 2.45) is 5.92 Å². The summed E-state index contributed by atoms with van der Waals surface area (Å²) in [5, 5.41) is 5.76. The van der Waals surface area contributed by atoms with Gasteiger partial charge in [-0.25, -0.2) is 0 Å². The summed E-state index contributed by atoms with van der Waals surface area (Å²) in [6.07, 6.45) is 2.37. The zero-order valence-electron chi connectivity index (χ0n) is 13.1. The van der Waals surface area contributed by atoms with Crippen LogP contribution in [0.1, 0.15) is 39.0 Å². The Morgan fingerprint density at radius 3 is 2.53 bits per heavy atom. The molecule has 0 fully saturated rings. The molecule has 0 saturated carbocycles. The van der Waals surface area contributed by atoms with Gasteiger partial charge in [-0.2, -0.15) is 0 Å². The highest BCUT2D eigenvalue weighted by Gasteiger charge is 2.18. The standard InChI is InChI=1S/C16H30N2S/c1-6-15(12-17-11-13(2)3)18(5)14(4)10-16-8-7-9-19-16/h7-9,13-15,17H,6,10-12H2,1-5H3. The number of nitrogens with one attached hydrogen (secondary N) is 1. The van der Waals surface area contributed by atoms with Crippen LogP contribution in [0, 0.1) is 5.92 Å². The van der Waals surface area contributed by atoms with Gasteiger partial charge in [0.25, 0.3) is 0 Å². The number of rotatable bonds is 9. The van der Waals surface area contributed by atoms with Crippen LogP contribution in [0.25, 0.3) is 0 Å². The third kappa shape index (κ3) is 6.07. The van der Waals surface area contributed by atoms with Gasteiger partial charge in [0.15, 0.2) is 0 Å². The van der Waals surface area contributed by atoms with E-state index in [9.17, 15) is 0 Å². The van der Waals surface area contributed by atoms with E-state index in [2.05, 4.69) is 62.5 Å². The molecular weight excluding hydrogens is 252 g/mol. The monoisotopic (exact) mass is 282 g/mol. The summed E-state index contributed by atoms with van der Waals surface area (Å²) >= 11 is 1.87. The molecule has 1 heterocycles. The molecule has 0 aromatic carbocycles. The highest BCUT2D eigenvalue weighted by Crippen LogP contribution is 2.15. The quantitative estimate of drug-likeness (QED) is 0.744. The van der Waals surface area contributed by atoms with Gasteiger partial charge in [-0.15, -0.1) is 11.3 Å². The van der Waals surface area contributed by atoms with Gasteiger partial charge < -0.3 is 5.32 Å². The van der Waals surface area contributed by atoms with E-state index < -0.39 is 0 Å². The van der Waals surface area contributed by atoms with Crippen LogP contribution in [0.5, 0.6) is 0 Å². The first kappa shape index (κ1) is 16.7. The average Bonchev–Trinajstić information content (AvgIpc) is 2.86. The molecule has 0 aliphatic rings. The summed E-state index contributed by atoms with van der Waals surface area (Å²) in [6, 6.07) is 5.62. The van der Waals surface area contributed by atoms with Crippen LogP contribution < -0.4 is 5.32 Å². The van der Waals surface area contributed by atoms with Crippen molar-refractivity contribution < 1.29 is 0 Å². The van der Waals surface area contributed by atoms with Crippen LogP contribution in [0.4, 0.5) is 0 Å². The molecule has 0 aliphatic heterocycles. The lowest BCUT2D eigenvalue weighted by Gasteiger charge is -2.33. The summed E-state index contributed by atoms with van der Waals surface area (Å²) in [7, 11) is 2.27. The molecule has 1 aromatic heterocycles. The number of likely N-dealkylation sites (N-methyl/N-ethyl adjacent to an activating group) is 1. The second kappa shape index (κ2) is 8.72. The van der Waals surface area contributed by atoms with E-state index in [0.717, 1.165) is 25.4 Å². The highest BCUT2D eigenvalue weighted by molar-refractivity contribution is 7.09. The van der Waals surface area contributed by atoms with E-state index in [-0.39, 0.29) is 0 Å². The third-order valence-corrected chi connectivity index (χ3v) is 4.65. The second-order valence-electron chi connectivity index (χ2n) is 5.91. The molecule has 0 radical (unpaired) electrons. The van der Waals surface area contributed by atoms with Gasteiger partial charge in [0.2, 0.25) is 0 Å². The van der Waals surface area contributed by atoms with Gasteiger partial charge in [0.1, 0.15) is 0 Å². The van der Waals surface area contributed by atoms with Gasteiger partial charge in [-0.05, 0) is 50.7 Å². The Bertz CT molecular complexity index is 321. The summed E-state index contributed by atoms with van der Waals surface area (Å²) in [5.41, 5.74) is 0. The SMILES string of the molecule is CCC(CNCC(C)C)N(C)C(C)Cc1cccs1. The molecule has 2 nitrogen and oxygen atoms in total. The molecule has 0 bridgehead atoms. The first-order valence-corrected chi connectivity index (χ1v) is 8.37. The van der Waals surface area contributed by atoms with Crippen LogP contribution in [0.2, 0.25) is 0 Å². The van der Waals surface area contributed by atoms with Gasteiger partial charge in [0, 0.05) is 23.5 Å². The predicted molar refractivity (Wildman–Crippen MR) is 87.0 cm³/mol. The van der Waals surface area contributed by atoms with Crippen LogP contribution in [0.15, 0.2) is 17.5 Å². The van der Waals surface area contributed by atoms with E-state index in [0.29, 0.717) is 12.1 Å². The highest BCUT2D eigenvalue weighted by atomic mass is 32.1. The fraction of sp³-hybridized carbons (Fsp3) is 0.750. The zero-order chi connectivity index (χ0) is 14.3. The molecule has 2 unspecified atom stereocenters. The molecule has 110 valence electrons. The van der Waals surface area contributed by atoms with Crippen molar-refractivity contribution in [3.8, 4) is 0 Å². The summed E-state index contributed by atoms with van der Waals surface area (Å²) in [6.45, 7) is 11.4. The van der Waals surface area contributed by atoms with Crippen LogP contribution >= 0.6 is 11.3 Å². The van der Waals surface area contributed by atoms with E-state index in [1.807, 2.05) is 11.3 Å². The molecular formula is C16H30N2S. The molecule has 2 atom stereocenters. The number of nitrogens with zero attached hydrogens (tertiary/aromatic N) is 1. The lowest BCUT2D eigenvalue weighted by Crippen LogP contribution is -2.45. The number of hydrogen-bond acceptors (Lipinski definition) is 3. The number of hydrogen-bond donors (Lipinski definition) is 1. The minimum atomic E-state index is 0.601. The fourth-order valence-electron chi connectivity index (χ4n) is 2.34. The van der Waals surface area contributed by atoms with Gasteiger partial charge in [-0.3, -0.25) is 4.90 Å². The number of thiophene rings is 1. The fourth-order valence-corrected chi connectivity index (χ4v) is 3.17. The van der Waals surface area contributed by atoms with Gasteiger partial charge in [-0.1, -0.05) is 26.8 Å². The minimum Gasteiger partial charge on any atom is -0.315 e. The molecule has 1 aromatic rings. The Morgan fingerprint density at radius 2 is 2.00 bits per heavy atom. The predicted octanol–water partition coefficient (Wildman–Crippen LogP) is 3.64. The Morgan fingerprint density at radius 1 is 1.26 bits per heavy atom. The first-order valence-electron chi connectivity index (χ1n) is 7.49. The van der Waals surface area contributed by atoms with Crippen molar-refractivity contribution in [1.29, 1.82) is 0 Å². The van der Waals surface area contributed by atoms with Crippen molar-refractivity contribution in [1.82, 2.24) is 10.2 Å². The average molecular weight is 282 g/mol. The van der Waals surface area contributed by atoms with Crippen molar-refractivity contribution in [3.63, 3.8) is 0 Å². The molecule has 1 rings (SSSR count). The molecule has 0 aliphatic carbocycles. The maximum absolute atomic E-state index is 3.59. The third-order valence-electron chi connectivity index (χ3n) is 3.75. The molecule has 1 N–H and O–H groups in total. The van der Waals surface area contributed by atoms with Crippen molar-refractivity contribution >= 4 is 11.3 Å². The Kier molecular flexibility index (Phi) is 7.66. The zero-order valence-corrected chi connectivity index (χ0v) is 14.0. The summed E-state index contributed by atoms with van der Waals surface area (Å²) < 4.78 is 0. The molecule has 0 amide bonds. The largest absolute Gasteiger partial charge is 0.315 e. The lowest BCUT2D eigenvalue weighted by atomic mass is 10.1. The van der Waals surface area contributed by atoms with E-state index in [1.54, 1.807) is 0 Å². The minimum absolute atomic E-state index is 0.601. The molecule has 3 heteroatoms. The lowest BCUT2D eigenvalue weighted by molar-refractivity contribution is 0.173. The summed E-state index contributed by atoms with van der Waals surface area (Å²) in [5.74, 6) is 0.728. The van der Waals surface area contributed by atoms with Crippen molar-refractivity contribution in [3.05, 3.63) is 22.4 Å². The van der Waals surface area contributed by atoms with Gasteiger partial charge in [0.05, 0.1) is 0 Å². The molecule has 0 spiro atoms. The molecule has 19 heavy (non-hydrogen) atoms. The smallest absolute Gasteiger partial charge is 0.0217 e. The topological polar surface area (TPSA) is 15.3 Å². The van der Waals surface area contributed by atoms with Crippen LogP contribution in [0.3, 0.4) is 0 Å². The Labute approximate surface area is 123 Å². The van der Waals surface area contributed by atoms with Crippen LogP contribution in [-0.4, -0.2) is 37.1 Å². The van der Waals surface area contributed by atoms with Gasteiger partial charge >= 0.3 is 0 Å². The Balaban J connectivity index is 2.40. The Hall–Kier alpha value is -0.380. The maximum atomic E-state index is 3.59. The first-order chi connectivity index (χ1) is 9.04. The van der Waals surface area contributed by atoms with E-state index in [1.165, 1.54) is 11.3 Å². The van der Waals surface area contributed by atoms with Crippen molar-refractivity contribution in [2.45, 2.75) is 52.6 Å². The summed E-state index contributed by atoms with van der Waals surface area (Å²) in [4.78, 5) is 4.02. The second-order valence-corrected chi connectivity index (χ2v) is 6.94.